The van der Waals surface area contributed by atoms with Crippen LogP contribution < -0.4 is 15.4 Å². The van der Waals surface area contributed by atoms with Crippen molar-refractivity contribution in [1.29, 1.82) is 0 Å². The van der Waals surface area contributed by atoms with E-state index < -0.39 is 34.0 Å². The Labute approximate surface area is 191 Å². The van der Waals surface area contributed by atoms with Gasteiger partial charge in [-0.2, -0.15) is 18.2 Å². The van der Waals surface area contributed by atoms with E-state index in [2.05, 4.69) is 20.6 Å². The van der Waals surface area contributed by atoms with Gasteiger partial charge in [0.25, 0.3) is 0 Å². The summed E-state index contributed by atoms with van der Waals surface area (Å²) in [6.07, 6.45) is -4.87. The molecule has 2 aromatic carbocycles. The number of halogens is 5. The van der Waals surface area contributed by atoms with Crippen molar-refractivity contribution in [3.8, 4) is 5.75 Å². The molecule has 0 radical (unpaired) electrons. The maximum Gasteiger partial charge on any atom is 0.390 e. The average Bonchev–Trinajstić information content (AvgIpc) is 2.76. The first-order chi connectivity index (χ1) is 15.5. The minimum atomic E-state index is -4.62. The summed E-state index contributed by atoms with van der Waals surface area (Å²) in [6.45, 7) is 0. The second-order valence-corrected chi connectivity index (χ2v) is 9.15. The first-order valence-corrected chi connectivity index (χ1v) is 11.3. The van der Waals surface area contributed by atoms with Gasteiger partial charge < -0.3 is 15.4 Å². The zero-order valence-corrected chi connectivity index (χ0v) is 18.5. The Bertz CT molecular complexity index is 1260. The largest absolute Gasteiger partial charge is 0.494 e. The highest BCUT2D eigenvalue weighted by Gasteiger charge is 2.31. The molecule has 0 unspecified atom stereocenters. The first kappa shape index (κ1) is 24.5. The monoisotopic (exact) mass is 504 g/mol. The van der Waals surface area contributed by atoms with Crippen LogP contribution in [-0.2, 0) is 9.84 Å². The van der Waals surface area contributed by atoms with E-state index in [4.69, 9.17) is 16.3 Å². The van der Waals surface area contributed by atoms with Crippen molar-refractivity contribution in [2.75, 3.05) is 23.5 Å². The van der Waals surface area contributed by atoms with Crippen LogP contribution >= 0.6 is 11.6 Å². The molecule has 3 rings (SSSR count). The fourth-order valence-electron chi connectivity index (χ4n) is 2.73. The topological polar surface area (TPSA) is 93.2 Å². The summed E-state index contributed by atoms with van der Waals surface area (Å²) in [4.78, 5) is 7.86. The van der Waals surface area contributed by atoms with Crippen molar-refractivity contribution < 1.29 is 30.7 Å². The quantitative estimate of drug-likeness (QED) is 0.392. The molecule has 0 aliphatic rings. The number of nitrogens with zero attached hydrogens (tertiary/aromatic N) is 2. The third-order valence-corrected chi connectivity index (χ3v) is 6.33. The number of nitrogens with one attached hydrogen (secondary N) is 2. The van der Waals surface area contributed by atoms with Gasteiger partial charge in [-0.3, -0.25) is 0 Å². The van der Waals surface area contributed by atoms with Gasteiger partial charge in [0.05, 0.1) is 41.8 Å². The number of ether oxygens (including phenoxy) is 1. The van der Waals surface area contributed by atoms with E-state index in [0.29, 0.717) is 5.69 Å². The number of anilines is 4. The van der Waals surface area contributed by atoms with Crippen molar-refractivity contribution in [3.05, 3.63) is 59.5 Å². The number of rotatable bonds is 8. The van der Waals surface area contributed by atoms with Gasteiger partial charge in [-0.05, 0) is 24.3 Å². The van der Waals surface area contributed by atoms with Gasteiger partial charge in [0.15, 0.2) is 15.7 Å². The molecular weight excluding hydrogens is 488 g/mol. The second-order valence-electron chi connectivity index (χ2n) is 6.66. The zero-order chi connectivity index (χ0) is 24.2. The molecule has 33 heavy (non-hydrogen) atoms. The summed E-state index contributed by atoms with van der Waals surface area (Å²) in [6, 6.07) is 9.20. The predicted molar refractivity (Wildman–Crippen MR) is 116 cm³/mol. The van der Waals surface area contributed by atoms with Gasteiger partial charge in [-0.15, -0.1) is 0 Å². The van der Waals surface area contributed by atoms with E-state index in [1.54, 1.807) is 0 Å². The Morgan fingerprint density at radius 3 is 2.52 bits per heavy atom. The molecule has 0 aliphatic heterocycles. The lowest BCUT2D eigenvalue weighted by molar-refractivity contribution is -0.129. The van der Waals surface area contributed by atoms with Crippen LogP contribution in [0.2, 0.25) is 5.02 Å². The van der Waals surface area contributed by atoms with Crippen molar-refractivity contribution >= 4 is 44.6 Å². The first-order valence-electron chi connectivity index (χ1n) is 9.27. The Morgan fingerprint density at radius 1 is 1.09 bits per heavy atom. The molecule has 2 N–H and O–H groups in total. The van der Waals surface area contributed by atoms with Crippen LogP contribution in [0.1, 0.15) is 6.42 Å². The number of sulfone groups is 1. The summed E-state index contributed by atoms with van der Waals surface area (Å²) in [7, 11) is -2.91. The fourth-order valence-corrected chi connectivity index (χ4v) is 4.33. The molecule has 0 spiro atoms. The number of aromatic nitrogens is 2. The van der Waals surface area contributed by atoms with Gasteiger partial charge in [0.1, 0.15) is 16.6 Å². The molecule has 176 valence electrons. The van der Waals surface area contributed by atoms with Gasteiger partial charge in [-0.1, -0.05) is 23.7 Å². The minimum absolute atomic E-state index is 0.00582. The van der Waals surface area contributed by atoms with Crippen molar-refractivity contribution in [1.82, 2.24) is 9.97 Å². The lowest BCUT2D eigenvalue weighted by Gasteiger charge is -2.15. The SMILES string of the molecule is COc1cc(F)ccc1Nc1ncc(Cl)c(Nc2ccccc2S(=O)(=O)CCC(F)(F)F)n1. The minimum Gasteiger partial charge on any atom is -0.494 e. The third-order valence-electron chi connectivity index (χ3n) is 4.28. The lowest BCUT2D eigenvalue weighted by atomic mass is 10.3. The van der Waals surface area contributed by atoms with Gasteiger partial charge in [0, 0.05) is 6.07 Å². The van der Waals surface area contributed by atoms with E-state index in [0.717, 1.165) is 6.07 Å². The molecule has 7 nitrogen and oxygen atoms in total. The van der Waals surface area contributed by atoms with Crippen LogP contribution in [0.3, 0.4) is 0 Å². The maximum atomic E-state index is 13.4. The Morgan fingerprint density at radius 2 is 1.82 bits per heavy atom. The second kappa shape index (κ2) is 9.79. The van der Waals surface area contributed by atoms with Crippen LogP contribution in [0, 0.1) is 5.82 Å². The van der Waals surface area contributed by atoms with Gasteiger partial charge in [-0.25, -0.2) is 17.8 Å². The number of hydrogen-bond acceptors (Lipinski definition) is 7. The van der Waals surface area contributed by atoms with Crippen molar-refractivity contribution in [3.63, 3.8) is 0 Å². The molecule has 0 fully saturated rings. The van der Waals surface area contributed by atoms with E-state index >= 15 is 0 Å². The van der Waals surface area contributed by atoms with Gasteiger partial charge in [0.2, 0.25) is 5.95 Å². The molecule has 0 saturated carbocycles. The highest BCUT2D eigenvalue weighted by molar-refractivity contribution is 7.91. The molecule has 1 aromatic heterocycles. The molecule has 3 aromatic rings. The van der Waals surface area contributed by atoms with E-state index in [9.17, 15) is 26.0 Å². The smallest absolute Gasteiger partial charge is 0.390 e. The molecule has 0 amide bonds. The molecule has 13 heteroatoms. The Balaban J connectivity index is 1.89. The van der Waals surface area contributed by atoms with E-state index in [-0.39, 0.29) is 33.1 Å². The summed E-state index contributed by atoms with van der Waals surface area (Å²) in [5.74, 6) is -1.42. The Hall–Kier alpha value is -3.12. The third kappa shape index (κ3) is 6.45. The van der Waals surface area contributed by atoms with E-state index in [1.807, 2.05) is 0 Å². The van der Waals surface area contributed by atoms with Crippen LogP contribution in [0.5, 0.6) is 5.75 Å². The van der Waals surface area contributed by atoms with Crippen molar-refractivity contribution in [2.24, 2.45) is 0 Å². The van der Waals surface area contributed by atoms with Crippen molar-refractivity contribution in [2.45, 2.75) is 17.5 Å². The fraction of sp³-hybridized carbons (Fsp3) is 0.200. The van der Waals surface area contributed by atoms with Crippen LogP contribution in [0.15, 0.2) is 53.6 Å². The number of benzene rings is 2. The molecule has 0 atom stereocenters. The molecular formula is C20H17ClF4N4O3S. The standard InChI is InChI=1S/C20H17ClF4N4O3S/c1-32-16-10-12(22)6-7-14(16)28-19-26-11-13(21)18(29-19)27-15-4-2-3-5-17(15)33(30,31)9-8-20(23,24)25/h2-7,10-11H,8-9H2,1H3,(H2,26,27,28,29). The summed E-state index contributed by atoms with van der Waals surface area (Å²) >= 11 is 6.13. The molecule has 0 saturated heterocycles. The number of methoxy groups -OCH3 is 1. The van der Waals surface area contributed by atoms with Crippen LogP contribution in [-0.4, -0.2) is 37.4 Å². The lowest BCUT2D eigenvalue weighted by Crippen LogP contribution is -2.17. The molecule has 0 aliphatic carbocycles. The average molecular weight is 505 g/mol. The number of alkyl halides is 3. The summed E-state index contributed by atoms with van der Waals surface area (Å²) in [5.41, 5.74) is 0.341. The summed E-state index contributed by atoms with van der Waals surface area (Å²) < 4.78 is 81.2. The van der Waals surface area contributed by atoms with Gasteiger partial charge >= 0.3 is 6.18 Å². The Kier molecular flexibility index (Phi) is 7.28. The van der Waals surface area contributed by atoms with Crippen LogP contribution in [0.4, 0.5) is 40.7 Å². The highest BCUT2D eigenvalue weighted by Crippen LogP contribution is 2.32. The predicted octanol–water partition coefficient (Wildman–Crippen LogP) is 5.49. The molecule has 0 bridgehead atoms. The molecule has 1 heterocycles. The van der Waals surface area contributed by atoms with E-state index in [1.165, 1.54) is 49.7 Å². The zero-order valence-electron chi connectivity index (χ0n) is 17.0. The maximum absolute atomic E-state index is 13.4. The number of hydrogen-bond donors (Lipinski definition) is 2. The summed E-state index contributed by atoms with van der Waals surface area (Å²) in [5, 5.41) is 5.59. The highest BCUT2D eigenvalue weighted by atomic mass is 35.5. The normalized spacial score (nSPS) is 11.8. The van der Waals surface area contributed by atoms with Crippen LogP contribution in [0.25, 0.3) is 0 Å². The number of para-hydroxylation sites is 1.